The molecule has 0 atom stereocenters. The molecule has 0 amide bonds. The van der Waals surface area contributed by atoms with Gasteiger partial charge < -0.3 is 0 Å². The molecule has 0 aromatic carbocycles. The molecule has 5 heteroatoms. The average Bonchev–Trinajstić information content (AvgIpc) is 2.18. The Balaban J connectivity index is 2.50. The van der Waals surface area contributed by atoms with Gasteiger partial charge in [0.05, 0.1) is 5.75 Å². The lowest BCUT2D eigenvalue weighted by atomic mass is 10.3. The van der Waals surface area contributed by atoms with Crippen LogP contribution in [0.5, 0.6) is 0 Å². The van der Waals surface area contributed by atoms with E-state index in [9.17, 15) is 8.42 Å². The topological polar surface area (TPSA) is 40.6 Å². The van der Waals surface area contributed by atoms with Crippen molar-refractivity contribution >= 4 is 10.0 Å². The smallest absolute Gasteiger partial charge is 0.214 e. The number of hydrogen-bond donors (Lipinski definition) is 0. The van der Waals surface area contributed by atoms with E-state index in [1.165, 1.54) is 0 Å². The van der Waals surface area contributed by atoms with Crippen LogP contribution < -0.4 is 0 Å². The minimum atomic E-state index is -2.98. The SMILES string of the molecule is CCCS(=O)(=O)N1CCN(C(C)C)CC1. The van der Waals surface area contributed by atoms with E-state index in [0.717, 1.165) is 13.1 Å². The molecule has 1 aliphatic rings. The van der Waals surface area contributed by atoms with E-state index in [2.05, 4.69) is 18.7 Å². The monoisotopic (exact) mass is 234 g/mol. The molecule has 0 spiro atoms. The van der Waals surface area contributed by atoms with Gasteiger partial charge in [-0.3, -0.25) is 4.90 Å². The van der Waals surface area contributed by atoms with Gasteiger partial charge in [0.15, 0.2) is 0 Å². The van der Waals surface area contributed by atoms with E-state index in [-0.39, 0.29) is 5.75 Å². The molecule has 4 nitrogen and oxygen atoms in total. The molecule has 0 bridgehead atoms. The Kier molecular flexibility index (Phi) is 4.55. The lowest BCUT2D eigenvalue weighted by molar-refractivity contribution is 0.154. The van der Waals surface area contributed by atoms with Crippen molar-refractivity contribution in [2.45, 2.75) is 33.2 Å². The summed E-state index contributed by atoms with van der Waals surface area (Å²) in [7, 11) is -2.98. The maximum Gasteiger partial charge on any atom is 0.214 e. The van der Waals surface area contributed by atoms with Gasteiger partial charge >= 0.3 is 0 Å². The second kappa shape index (κ2) is 5.27. The van der Waals surface area contributed by atoms with Gasteiger partial charge in [-0.2, -0.15) is 4.31 Å². The van der Waals surface area contributed by atoms with E-state index in [1.807, 2.05) is 6.92 Å². The van der Waals surface area contributed by atoms with Crippen molar-refractivity contribution in [3.8, 4) is 0 Å². The number of sulfonamides is 1. The minimum absolute atomic E-state index is 0.286. The number of nitrogens with zero attached hydrogens (tertiary/aromatic N) is 2. The quantitative estimate of drug-likeness (QED) is 0.721. The molecule has 0 aromatic rings. The fourth-order valence-corrected chi connectivity index (χ4v) is 3.38. The molecule has 1 rings (SSSR count). The van der Waals surface area contributed by atoms with Crippen LogP contribution >= 0.6 is 0 Å². The van der Waals surface area contributed by atoms with E-state index < -0.39 is 10.0 Å². The second-order valence-corrected chi connectivity index (χ2v) is 6.43. The molecular weight excluding hydrogens is 212 g/mol. The zero-order valence-corrected chi connectivity index (χ0v) is 10.8. The van der Waals surface area contributed by atoms with Crippen molar-refractivity contribution in [1.29, 1.82) is 0 Å². The molecule has 1 aliphatic heterocycles. The Hall–Kier alpha value is -0.130. The van der Waals surface area contributed by atoms with Crippen molar-refractivity contribution in [3.05, 3.63) is 0 Å². The first-order chi connectivity index (χ1) is 6.97. The van der Waals surface area contributed by atoms with Gasteiger partial charge in [0.1, 0.15) is 0 Å². The third-order valence-electron chi connectivity index (χ3n) is 2.86. The van der Waals surface area contributed by atoms with Gasteiger partial charge in [-0.15, -0.1) is 0 Å². The first-order valence-electron chi connectivity index (χ1n) is 5.69. The highest BCUT2D eigenvalue weighted by molar-refractivity contribution is 7.89. The van der Waals surface area contributed by atoms with Gasteiger partial charge in [-0.25, -0.2) is 8.42 Å². The van der Waals surface area contributed by atoms with Crippen LogP contribution in [0, 0.1) is 0 Å². The second-order valence-electron chi connectivity index (χ2n) is 4.34. The van der Waals surface area contributed by atoms with Gasteiger partial charge in [-0.05, 0) is 20.3 Å². The van der Waals surface area contributed by atoms with Crippen molar-refractivity contribution < 1.29 is 8.42 Å². The standard InChI is InChI=1S/C10H22N2O2S/c1-4-9-15(13,14)12-7-5-11(6-8-12)10(2)3/h10H,4-9H2,1-3H3. The fraction of sp³-hybridized carbons (Fsp3) is 1.00. The van der Waals surface area contributed by atoms with Crippen LogP contribution in [0.15, 0.2) is 0 Å². The summed E-state index contributed by atoms with van der Waals surface area (Å²) in [6.07, 6.45) is 0.701. The normalized spacial score (nSPS) is 21.1. The van der Waals surface area contributed by atoms with Crippen LogP contribution in [0.4, 0.5) is 0 Å². The van der Waals surface area contributed by atoms with Gasteiger partial charge in [0.25, 0.3) is 0 Å². The predicted octanol–water partition coefficient (Wildman–Crippen LogP) is 0.752. The van der Waals surface area contributed by atoms with E-state index >= 15 is 0 Å². The Morgan fingerprint density at radius 1 is 1.13 bits per heavy atom. The van der Waals surface area contributed by atoms with Crippen LogP contribution in [0.2, 0.25) is 0 Å². The first-order valence-corrected chi connectivity index (χ1v) is 7.30. The molecule has 0 aromatic heterocycles. The molecule has 0 saturated carbocycles. The van der Waals surface area contributed by atoms with E-state index in [0.29, 0.717) is 25.6 Å². The molecule has 1 saturated heterocycles. The Morgan fingerprint density at radius 3 is 2.07 bits per heavy atom. The van der Waals surface area contributed by atoms with Crippen LogP contribution in [-0.2, 0) is 10.0 Å². The molecule has 0 aliphatic carbocycles. The average molecular weight is 234 g/mol. The highest BCUT2D eigenvalue weighted by Gasteiger charge is 2.26. The fourth-order valence-electron chi connectivity index (χ4n) is 1.89. The van der Waals surface area contributed by atoms with Gasteiger partial charge in [-0.1, -0.05) is 6.92 Å². The molecule has 0 radical (unpaired) electrons. The summed E-state index contributed by atoms with van der Waals surface area (Å²) in [6, 6.07) is 0.515. The zero-order chi connectivity index (χ0) is 11.5. The largest absolute Gasteiger partial charge is 0.298 e. The van der Waals surface area contributed by atoms with Gasteiger partial charge in [0.2, 0.25) is 10.0 Å². The molecular formula is C10H22N2O2S. The minimum Gasteiger partial charge on any atom is -0.298 e. The molecule has 1 heterocycles. The Labute approximate surface area is 93.3 Å². The number of piperazine rings is 1. The highest BCUT2D eigenvalue weighted by Crippen LogP contribution is 2.10. The lowest BCUT2D eigenvalue weighted by Gasteiger charge is -2.36. The Bertz CT molecular complexity index is 280. The zero-order valence-electron chi connectivity index (χ0n) is 9.94. The highest BCUT2D eigenvalue weighted by atomic mass is 32.2. The van der Waals surface area contributed by atoms with Crippen molar-refractivity contribution in [1.82, 2.24) is 9.21 Å². The predicted molar refractivity (Wildman–Crippen MR) is 62.4 cm³/mol. The molecule has 15 heavy (non-hydrogen) atoms. The summed E-state index contributed by atoms with van der Waals surface area (Å²) in [5.41, 5.74) is 0. The molecule has 90 valence electrons. The maximum atomic E-state index is 11.8. The molecule has 0 N–H and O–H groups in total. The van der Waals surface area contributed by atoms with Gasteiger partial charge in [0, 0.05) is 32.2 Å². The molecule has 0 unspecified atom stereocenters. The summed E-state index contributed by atoms with van der Waals surface area (Å²) >= 11 is 0. The third-order valence-corrected chi connectivity index (χ3v) is 4.94. The summed E-state index contributed by atoms with van der Waals surface area (Å²) in [5.74, 6) is 0.286. The van der Waals surface area contributed by atoms with Crippen LogP contribution in [-0.4, -0.2) is 55.6 Å². The van der Waals surface area contributed by atoms with Crippen molar-refractivity contribution in [2.75, 3.05) is 31.9 Å². The number of rotatable bonds is 4. The maximum absolute atomic E-state index is 11.8. The third kappa shape index (κ3) is 3.43. The number of hydrogen-bond acceptors (Lipinski definition) is 3. The van der Waals surface area contributed by atoms with E-state index in [1.54, 1.807) is 4.31 Å². The van der Waals surface area contributed by atoms with Crippen LogP contribution in [0.25, 0.3) is 0 Å². The first kappa shape index (κ1) is 12.9. The lowest BCUT2D eigenvalue weighted by Crippen LogP contribution is -2.51. The summed E-state index contributed by atoms with van der Waals surface area (Å²) in [4.78, 5) is 2.32. The van der Waals surface area contributed by atoms with Crippen LogP contribution in [0.1, 0.15) is 27.2 Å². The summed E-state index contributed by atoms with van der Waals surface area (Å²) in [5, 5.41) is 0. The van der Waals surface area contributed by atoms with E-state index in [4.69, 9.17) is 0 Å². The van der Waals surface area contributed by atoms with Crippen molar-refractivity contribution in [3.63, 3.8) is 0 Å². The van der Waals surface area contributed by atoms with Crippen molar-refractivity contribution in [2.24, 2.45) is 0 Å². The molecule has 1 fully saturated rings. The summed E-state index contributed by atoms with van der Waals surface area (Å²) < 4.78 is 25.2. The Morgan fingerprint density at radius 2 is 1.67 bits per heavy atom. The van der Waals surface area contributed by atoms with Crippen LogP contribution in [0.3, 0.4) is 0 Å². The summed E-state index contributed by atoms with van der Waals surface area (Å²) in [6.45, 7) is 9.23.